The largest absolute Gasteiger partial charge is 0.493 e. The first-order chi connectivity index (χ1) is 11.7. The van der Waals surface area contributed by atoms with Gasteiger partial charge in [0.1, 0.15) is 5.75 Å². The highest BCUT2D eigenvalue weighted by Crippen LogP contribution is 2.31. The molecule has 126 valence electrons. The molecule has 2 aliphatic rings. The number of fused-ring (bicyclic) bond motifs is 1. The highest BCUT2D eigenvalue weighted by Gasteiger charge is 2.26. The lowest BCUT2D eigenvalue weighted by molar-refractivity contribution is 0.0582. The van der Waals surface area contributed by atoms with E-state index in [-0.39, 0.29) is 5.91 Å². The van der Waals surface area contributed by atoms with E-state index in [2.05, 4.69) is 40.2 Å². The number of ether oxygens (including phenoxy) is 1. The Labute approximate surface area is 141 Å². The van der Waals surface area contributed by atoms with Crippen LogP contribution in [0, 0.1) is 0 Å². The van der Waals surface area contributed by atoms with Gasteiger partial charge in [0, 0.05) is 44.8 Å². The zero-order chi connectivity index (χ0) is 16.5. The molecule has 1 saturated heterocycles. The standard InChI is InChI=1S/C18H22N4O2/c1-13(15-3-2-14-4-9-24-17(14)10-15)21-5-7-22(8-6-21)18(23)16-11-19-20-12-16/h2-3,10-13H,4-9H2,1H3,(H,19,20). The van der Waals surface area contributed by atoms with Gasteiger partial charge in [0.2, 0.25) is 0 Å². The molecule has 2 aromatic rings. The molecule has 1 atom stereocenters. The first-order valence-corrected chi connectivity index (χ1v) is 8.50. The molecular weight excluding hydrogens is 304 g/mol. The molecule has 0 spiro atoms. The summed E-state index contributed by atoms with van der Waals surface area (Å²) in [6.07, 6.45) is 4.25. The van der Waals surface area contributed by atoms with E-state index in [1.165, 1.54) is 11.1 Å². The summed E-state index contributed by atoms with van der Waals surface area (Å²) >= 11 is 0. The SMILES string of the molecule is CC(c1ccc2c(c1)OCC2)N1CCN(C(=O)c2cn[nH]c2)CC1. The summed E-state index contributed by atoms with van der Waals surface area (Å²) in [5, 5.41) is 6.55. The number of rotatable bonds is 3. The molecule has 0 radical (unpaired) electrons. The molecule has 24 heavy (non-hydrogen) atoms. The summed E-state index contributed by atoms with van der Waals surface area (Å²) in [5.74, 6) is 1.09. The Kier molecular flexibility index (Phi) is 3.98. The number of benzene rings is 1. The zero-order valence-electron chi connectivity index (χ0n) is 13.9. The van der Waals surface area contributed by atoms with E-state index in [0.29, 0.717) is 11.6 Å². The highest BCUT2D eigenvalue weighted by atomic mass is 16.5. The Hall–Kier alpha value is -2.34. The Bertz CT molecular complexity index is 721. The van der Waals surface area contributed by atoms with Crippen molar-refractivity contribution in [1.82, 2.24) is 20.0 Å². The maximum Gasteiger partial charge on any atom is 0.257 e. The van der Waals surface area contributed by atoms with Crippen molar-refractivity contribution in [1.29, 1.82) is 0 Å². The number of hydrogen-bond donors (Lipinski definition) is 1. The molecule has 6 nitrogen and oxygen atoms in total. The van der Waals surface area contributed by atoms with E-state index < -0.39 is 0 Å². The fraction of sp³-hybridized carbons (Fsp3) is 0.444. The van der Waals surface area contributed by atoms with E-state index in [4.69, 9.17) is 4.74 Å². The third kappa shape index (κ3) is 2.78. The number of nitrogens with one attached hydrogen (secondary N) is 1. The smallest absolute Gasteiger partial charge is 0.257 e. The molecule has 1 amide bonds. The molecule has 0 bridgehead atoms. The van der Waals surface area contributed by atoms with Crippen molar-refractivity contribution in [3.05, 3.63) is 47.3 Å². The number of hydrogen-bond acceptors (Lipinski definition) is 4. The summed E-state index contributed by atoms with van der Waals surface area (Å²) in [4.78, 5) is 16.7. The monoisotopic (exact) mass is 326 g/mol. The van der Waals surface area contributed by atoms with E-state index >= 15 is 0 Å². The number of carbonyl (C=O) groups excluding carboxylic acids is 1. The summed E-state index contributed by atoms with van der Waals surface area (Å²) in [7, 11) is 0. The lowest BCUT2D eigenvalue weighted by atomic mass is 10.0. The normalized spacial score (nSPS) is 19.0. The molecule has 2 aliphatic heterocycles. The van der Waals surface area contributed by atoms with Crippen LogP contribution in [0.4, 0.5) is 0 Å². The summed E-state index contributed by atoms with van der Waals surface area (Å²) in [6.45, 7) is 6.27. The van der Waals surface area contributed by atoms with E-state index in [1.807, 2.05) is 4.90 Å². The third-order valence-electron chi connectivity index (χ3n) is 5.10. The molecule has 0 aliphatic carbocycles. The van der Waals surface area contributed by atoms with E-state index in [0.717, 1.165) is 45.0 Å². The second-order valence-electron chi connectivity index (χ2n) is 6.46. The molecule has 1 aromatic heterocycles. The number of aromatic nitrogens is 2. The fourth-order valence-electron chi connectivity index (χ4n) is 3.52. The minimum atomic E-state index is 0.0574. The summed E-state index contributed by atoms with van der Waals surface area (Å²) in [6, 6.07) is 6.90. The number of amides is 1. The van der Waals surface area contributed by atoms with E-state index in [1.54, 1.807) is 12.4 Å². The van der Waals surface area contributed by atoms with Crippen molar-refractivity contribution < 1.29 is 9.53 Å². The van der Waals surface area contributed by atoms with Crippen LogP contribution in [0.3, 0.4) is 0 Å². The third-order valence-corrected chi connectivity index (χ3v) is 5.10. The lowest BCUT2D eigenvalue weighted by Crippen LogP contribution is -2.49. The van der Waals surface area contributed by atoms with Crippen LogP contribution in [0.1, 0.15) is 34.5 Å². The molecule has 0 saturated carbocycles. The highest BCUT2D eigenvalue weighted by molar-refractivity contribution is 5.93. The molecule has 4 rings (SSSR count). The van der Waals surface area contributed by atoms with Gasteiger partial charge in [-0.3, -0.25) is 14.8 Å². The second-order valence-corrected chi connectivity index (χ2v) is 6.46. The van der Waals surface area contributed by atoms with Gasteiger partial charge < -0.3 is 9.64 Å². The number of piperazine rings is 1. The van der Waals surface area contributed by atoms with Crippen LogP contribution in [0.2, 0.25) is 0 Å². The quantitative estimate of drug-likeness (QED) is 0.935. The fourth-order valence-corrected chi connectivity index (χ4v) is 3.52. The molecule has 1 fully saturated rings. The van der Waals surface area contributed by atoms with Crippen molar-refractivity contribution in [2.75, 3.05) is 32.8 Å². The Morgan fingerprint density at radius 2 is 2.12 bits per heavy atom. The summed E-state index contributed by atoms with van der Waals surface area (Å²) in [5.41, 5.74) is 3.22. The van der Waals surface area contributed by atoms with Crippen molar-refractivity contribution >= 4 is 5.91 Å². The lowest BCUT2D eigenvalue weighted by Gasteiger charge is -2.38. The van der Waals surface area contributed by atoms with Gasteiger partial charge in [-0.05, 0) is 24.1 Å². The van der Waals surface area contributed by atoms with Gasteiger partial charge in [0.15, 0.2) is 0 Å². The predicted molar refractivity (Wildman–Crippen MR) is 90.1 cm³/mol. The van der Waals surface area contributed by atoms with Gasteiger partial charge in [-0.2, -0.15) is 5.10 Å². The first-order valence-electron chi connectivity index (χ1n) is 8.50. The Morgan fingerprint density at radius 3 is 2.88 bits per heavy atom. The minimum absolute atomic E-state index is 0.0574. The van der Waals surface area contributed by atoms with Gasteiger partial charge >= 0.3 is 0 Å². The van der Waals surface area contributed by atoms with Crippen molar-refractivity contribution in [2.24, 2.45) is 0 Å². The molecular formula is C18H22N4O2. The number of nitrogens with zero attached hydrogens (tertiary/aromatic N) is 3. The maximum absolute atomic E-state index is 12.4. The van der Waals surface area contributed by atoms with Gasteiger partial charge in [0.05, 0.1) is 18.4 Å². The van der Waals surface area contributed by atoms with Gasteiger partial charge in [0.25, 0.3) is 5.91 Å². The van der Waals surface area contributed by atoms with Crippen molar-refractivity contribution in [3.63, 3.8) is 0 Å². The Morgan fingerprint density at radius 1 is 1.29 bits per heavy atom. The van der Waals surface area contributed by atoms with Crippen molar-refractivity contribution in [3.8, 4) is 5.75 Å². The van der Waals surface area contributed by atoms with Gasteiger partial charge in [-0.1, -0.05) is 12.1 Å². The van der Waals surface area contributed by atoms with Crippen molar-refractivity contribution in [2.45, 2.75) is 19.4 Å². The molecule has 6 heteroatoms. The molecule has 1 unspecified atom stereocenters. The molecule has 3 heterocycles. The van der Waals surface area contributed by atoms with E-state index in [9.17, 15) is 4.79 Å². The topological polar surface area (TPSA) is 61.5 Å². The number of aromatic amines is 1. The van der Waals surface area contributed by atoms with Crippen LogP contribution >= 0.6 is 0 Å². The van der Waals surface area contributed by atoms with Gasteiger partial charge in [-0.25, -0.2) is 0 Å². The Balaban J connectivity index is 1.39. The maximum atomic E-state index is 12.4. The van der Waals surface area contributed by atoms with Gasteiger partial charge in [-0.15, -0.1) is 0 Å². The van der Waals surface area contributed by atoms with Crippen LogP contribution in [0.5, 0.6) is 5.75 Å². The van der Waals surface area contributed by atoms with Crippen LogP contribution in [-0.2, 0) is 6.42 Å². The zero-order valence-corrected chi connectivity index (χ0v) is 13.9. The van der Waals surface area contributed by atoms with Crippen LogP contribution in [0.25, 0.3) is 0 Å². The average molecular weight is 326 g/mol. The number of H-pyrrole nitrogens is 1. The van der Waals surface area contributed by atoms with Crippen LogP contribution in [0.15, 0.2) is 30.6 Å². The van der Waals surface area contributed by atoms with Crippen LogP contribution in [-0.4, -0.2) is 58.7 Å². The summed E-state index contributed by atoms with van der Waals surface area (Å²) < 4.78 is 5.69. The number of carbonyl (C=O) groups is 1. The molecule has 1 N–H and O–H groups in total. The predicted octanol–water partition coefficient (Wildman–Crippen LogP) is 1.86. The minimum Gasteiger partial charge on any atom is -0.493 e. The average Bonchev–Trinajstić information content (AvgIpc) is 3.31. The van der Waals surface area contributed by atoms with Crippen LogP contribution < -0.4 is 4.74 Å². The molecule has 1 aromatic carbocycles. The second kappa shape index (κ2) is 6.28. The first kappa shape index (κ1) is 15.2.